The van der Waals surface area contributed by atoms with Crippen molar-refractivity contribution in [2.45, 2.75) is 0 Å². The SMILES string of the molecule is F[B-](F)(F)c1cc2nc(Cl)ccc2s1. The first-order valence-electron chi connectivity index (χ1n) is 3.73. The van der Waals surface area contributed by atoms with E-state index >= 15 is 0 Å². The fourth-order valence-electron chi connectivity index (χ4n) is 1.08. The highest BCUT2D eigenvalue weighted by atomic mass is 35.5. The van der Waals surface area contributed by atoms with E-state index in [1.807, 2.05) is 0 Å². The van der Waals surface area contributed by atoms with Crippen molar-refractivity contribution in [2.24, 2.45) is 0 Å². The Labute approximate surface area is 86.6 Å². The lowest BCUT2D eigenvalue weighted by Gasteiger charge is -2.09. The molecule has 2 aromatic heterocycles. The average Bonchev–Trinajstić information content (AvgIpc) is 2.45. The van der Waals surface area contributed by atoms with Crippen molar-refractivity contribution in [3.63, 3.8) is 0 Å². The zero-order valence-electron chi connectivity index (χ0n) is 6.68. The molecule has 0 radical (unpaired) electrons. The van der Waals surface area contributed by atoms with Gasteiger partial charge in [0.1, 0.15) is 5.15 Å². The van der Waals surface area contributed by atoms with Gasteiger partial charge in [-0.25, -0.2) is 4.98 Å². The van der Waals surface area contributed by atoms with Gasteiger partial charge in [-0.05, 0) is 12.1 Å². The number of fused-ring (bicyclic) bond motifs is 1. The maximum Gasteiger partial charge on any atom is 0.519 e. The van der Waals surface area contributed by atoms with Gasteiger partial charge in [0.2, 0.25) is 0 Å². The molecule has 2 rings (SSSR count). The third kappa shape index (κ3) is 1.72. The number of halogens is 4. The molecule has 0 aliphatic rings. The fourth-order valence-corrected chi connectivity index (χ4v) is 2.14. The molecule has 0 bridgehead atoms. The van der Waals surface area contributed by atoms with Gasteiger partial charge in [-0.15, -0.1) is 0 Å². The monoisotopic (exact) mass is 236 g/mol. The van der Waals surface area contributed by atoms with E-state index in [-0.39, 0.29) is 5.15 Å². The summed E-state index contributed by atoms with van der Waals surface area (Å²) in [6.07, 6.45) is 0. The Morgan fingerprint density at radius 3 is 2.64 bits per heavy atom. The topological polar surface area (TPSA) is 12.9 Å². The van der Waals surface area contributed by atoms with Crippen molar-refractivity contribution in [1.82, 2.24) is 4.98 Å². The predicted molar refractivity (Wildman–Crippen MR) is 53.3 cm³/mol. The molecule has 0 amide bonds. The molecular weight excluding hydrogens is 233 g/mol. The molecule has 14 heavy (non-hydrogen) atoms. The molecule has 0 aliphatic heterocycles. The van der Waals surface area contributed by atoms with E-state index in [4.69, 9.17) is 11.6 Å². The van der Waals surface area contributed by atoms with Crippen LogP contribution in [0.15, 0.2) is 18.2 Å². The number of hydrogen-bond donors (Lipinski definition) is 0. The second-order valence-electron chi connectivity index (χ2n) is 2.74. The van der Waals surface area contributed by atoms with Gasteiger partial charge in [0.05, 0.1) is 5.52 Å². The fraction of sp³-hybridized carbons (Fsp3) is 0. The Morgan fingerprint density at radius 2 is 2.00 bits per heavy atom. The largest absolute Gasteiger partial charge is 0.519 e. The quantitative estimate of drug-likeness (QED) is 0.548. The molecule has 1 nitrogen and oxygen atoms in total. The maximum absolute atomic E-state index is 12.3. The van der Waals surface area contributed by atoms with Crippen LogP contribution in [-0.2, 0) is 0 Å². The summed E-state index contributed by atoms with van der Waals surface area (Å²) < 4.78 is 36.9. The minimum Gasteiger partial charge on any atom is -0.444 e. The van der Waals surface area contributed by atoms with E-state index in [9.17, 15) is 12.9 Å². The summed E-state index contributed by atoms with van der Waals surface area (Å²) in [4.78, 5) is 3.80. The zero-order valence-corrected chi connectivity index (χ0v) is 8.25. The van der Waals surface area contributed by atoms with E-state index in [1.165, 1.54) is 6.07 Å². The maximum atomic E-state index is 12.3. The normalized spacial score (nSPS) is 12.3. The predicted octanol–water partition coefficient (Wildman–Crippen LogP) is 3.00. The standard InChI is InChI=1S/C7H3BClF3NS/c9-7-2-1-5-4(13-7)3-6(14-5)8(10,11)12/h1-3H/q-1. The van der Waals surface area contributed by atoms with E-state index in [2.05, 4.69) is 4.98 Å². The van der Waals surface area contributed by atoms with Crippen LogP contribution in [0.1, 0.15) is 0 Å². The van der Waals surface area contributed by atoms with Crippen LogP contribution in [0.5, 0.6) is 0 Å². The van der Waals surface area contributed by atoms with Gasteiger partial charge in [0, 0.05) is 4.70 Å². The van der Waals surface area contributed by atoms with Gasteiger partial charge in [-0.3, -0.25) is 0 Å². The van der Waals surface area contributed by atoms with Crippen molar-refractivity contribution in [3.05, 3.63) is 23.4 Å². The van der Waals surface area contributed by atoms with E-state index in [1.54, 1.807) is 6.07 Å². The minimum atomic E-state index is -4.93. The summed E-state index contributed by atoms with van der Waals surface area (Å²) in [6, 6.07) is 4.06. The number of pyridine rings is 1. The lowest BCUT2D eigenvalue weighted by Crippen LogP contribution is -2.30. The molecule has 2 heterocycles. The molecule has 0 atom stereocenters. The molecule has 0 saturated carbocycles. The Bertz CT molecular complexity index is 481. The first-order valence-corrected chi connectivity index (χ1v) is 4.92. The van der Waals surface area contributed by atoms with Crippen molar-refractivity contribution >= 4 is 44.9 Å². The third-order valence-corrected chi connectivity index (χ3v) is 3.08. The summed E-state index contributed by atoms with van der Waals surface area (Å²) in [5.41, 5.74) is 0.303. The highest BCUT2D eigenvalue weighted by Crippen LogP contribution is 2.23. The van der Waals surface area contributed by atoms with Crippen molar-refractivity contribution in [1.29, 1.82) is 0 Å². The Balaban J connectivity index is 2.63. The summed E-state index contributed by atoms with van der Waals surface area (Å²) in [7, 11) is 0. The average molecular weight is 236 g/mol. The van der Waals surface area contributed by atoms with Crippen LogP contribution in [0.3, 0.4) is 0 Å². The summed E-state index contributed by atoms with van der Waals surface area (Å²) in [6.45, 7) is -4.93. The van der Waals surface area contributed by atoms with E-state index in [0.29, 0.717) is 21.6 Å². The Kier molecular flexibility index (Phi) is 2.19. The minimum absolute atomic E-state index is 0.205. The molecule has 0 saturated heterocycles. The number of aromatic nitrogens is 1. The molecule has 7 heteroatoms. The Morgan fingerprint density at radius 1 is 1.29 bits per heavy atom. The van der Waals surface area contributed by atoms with Crippen molar-refractivity contribution in [2.75, 3.05) is 0 Å². The van der Waals surface area contributed by atoms with Gasteiger partial charge in [-0.1, -0.05) is 22.4 Å². The van der Waals surface area contributed by atoms with Gasteiger partial charge >= 0.3 is 6.98 Å². The van der Waals surface area contributed by atoms with Crippen molar-refractivity contribution < 1.29 is 12.9 Å². The molecule has 0 aliphatic carbocycles. The second-order valence-corrected chi connectivity index (χ2v) is 4.24. The first kappa shape index (κ1) is 9.80. The van der Waals surface area contributed by atoms with Gasteiger partial charge in [0.25, 0.3) is 0 Å². The van der Waals surface area contributed by atoms with Gasteiger partial charge < -0.3 is 12.9 Å². The van der Waals surface area contributed by atoms with Crippen LogP contribution < -0.4 is 4.78 Å². The molecule has 0 fully saturated rings. The molecule has 0 spiro atoms. The van der Waals surface area contributed by atoms with Crippen LogP contribution in [0.25, 0.3) is 10.2 Å². The smallest absolute Gasteiger partial charge is 0.444 e. The van der Waals surface area contributed by atoms with Crippen molar-refractivity contribution in [3.8, 4) is 0 Å². The lowest BCUT2D eigenvalue weighted by atomic mass is 9.89. The summed E-state index contributed by atoms with van der Waals surface area (Å²) in [5.74, 6) is 0. The number of rotatable bonds is 1. The summed E-state index contributed by atoms with van der Waals surface area (Å²) >= 11 is 6.25. The highest BCUT2D eigenvalue weighted by Gasteiger charge is 2.27. The molecule has 74 valence electrons. The Hall–Kier alpha value is -0.745. The number of hydrogen-bond acceptors (Lipinski definition) is 2. The second kappa shape index (κ2) is 3.13. The molecule has 0 N–H and O–H groups in total. The van der Waals surface area contributed by atoms with Crippen LogP contribution in [0.4, 0.5) is 12.9 Å². The number of thiophene rings is 1. The molecular formula is C7H3BClF3NS-. The first-order chi connectivity index (χ1) is 6.47. The number of nitrogens with zero attached hydrogens (tertiary/aromatic N) is 1. The lowest BCUT2D eigenvalue weighted by molar-refractivity contribution is 0.503. The van der Waals surface area contributed by atoms with Crippen LogP contribution in [0.2, 0.25) is 5.15 Å². The van der Waals surface area contributed by atoms with Crippen LogP contribution in [0, 0.1) is 0 Å². The van der Waals surface area contributed by atoms with Crippen LogP contribution >= 0.6 is 22.9 Å². The molecule has 0 aromatic carbocycles. The molecule has 2 aromatic rings. The van der Waals surface area contributed by atoms with Gasteiger partial charge in [-0.2, -0.15) is 11.3 Å². The van der Waals surface area contributed by atoms with Gasteiger partial charge in [0.15, 0.2) is 0 Å². The zero-order chi connectivity index (χ0) is 10.3. The summed E-state index contributed by atoms with van der Waals surface area (Å²) in [5, 5.41) is 0.205. The van der Waals surface area contributed by atoms with Crippen LogP contribution in [-0.4, -0.2) is 12.0 Å². The van der Waals surface area contributed by atoms with E-state index in [0.717, 1.165) is 6.07 Å². The third-order valence-electron chi connectivity index (χ3n) is 1.68. The molecule has 0 unspecified atom stereocenters. The van der Waals surface area contributed by atoms with E-state index < -0.39 is 11.8 Å². The highest BCUT2D eigenvalue weighted by molar-refractivity contribution is 7.29.